The molecule has 0 radical (unpaired) electrons. The normalized spacial score (nSPS) is 12.6. The largest absolute Gasteiger partial charge is 0.497 e. The third kappa shape index (κ3) is 7.73. The molecule has 2 aromatic carbocycles. The van der Waals surface area contributed by atoms with Crippen molar-refractivity contribution in [2.24, 2.45) is 0 Å². The van der Waals surface area contributed by atoms with Crippen molar-refractivity contribution in [2.75, 3.05) is 20.8 Å². The molecule has 0 saturated carbocycles. The number of rotatable bonds is 10. The summed E-state index contributed by atoms with van der Waals surface area (Å²) in [6.45, 7) is 0.0660. The molecule has 0 aliphatic carbocycles. The Balaban J connectivity index is 2.15. The minimum absolute atomic E-state index is 0.211. The van der Waals surface area contributed by atoms with E-state index in [0.29, 0.717) is 11.5 Å². The van der Waals surface area contributed by atoms with Gasteiger partial charge in [0, 0.05) is 5.56 Å². The molecule has 3 N–H and O–H groups in total. The third-order valence-corrected chi connectivity index (χ3v) is 4.81. The molecule has 0 aromatic heterocycles. The first-order valence-corrected chi connectivity index (χ1v) is 10.2. The number of alkyl halides is 3. The van der Waals surface area contributed by atoms with Crippen LogP contribution in [0, 0.1) is 0 Å². The Morgan fingerprint density at radius 3 is 2.09 bits per heavy atom. The van der Waals surface area contributed by atoms with Gasteiger partial charge >= 0.3 is 6.18 Å². The summed E-state index contributed by atoms with van der Waals surface area (Å²) in [5, 5.41) is 6.74. The predicted molar refractivity (Wildman–Crippen MR) is 118 cm³/mol. The van der Waals surface area contributed by atoms with E-state index in [4.69, 9.17) is 9.47 Å². The lowest BCUT2D eigenvalue weighted by Gasteiger charge is -2.22. The first-order chi connectivity index (χ1) is 16.5. The van der Waals surface area contributed by atoms with Gasteiger partial charge in [-0.1, -0.05) is 18.2 Å². The van der Waals surface area contributed by atoms with Crippen LogP contribution in [-0.2, 0) is 14.4 Å². The van der Waals surface area contributed by atoms with E-state index in [1.807, 2.05) is 5.32 Å². The van der Waals surface area contributed by atoms with Crippen LogP contribution in [0.4, 0.5) is 13.2 Å². The summed E-state index contributed by atoms with van der Waals surface area (Å²) in [4.78, 5) is 49.0. The molecule has 0 aliphatic rings. The Kier molecular flexibility index (Phi) is 9.20. The van der Waals surface area contributed by atoms with E-state index in [-0.39, 0.29) is 11.1 Å². The lowest BCUT2D eigenvalue weighted by atomic mass is 10.0. The van der Waals surface area contributed by atoms with Crippen LogP contribution in [-0.4, -0.2) is 56.5 Å². The molecule has 12 heteroatoms. The van der Waals surface area contributed by atoms with Gasteiger partial charge < -0.3 is 25.4 Å². The summed E-state index contributed by atoms with van der Waals surface area (Å²) in [7, 11) is 2.84. The summed E-state index contributed by atoms with van der Waals surface area (Å²) in [5.41, 5.74) is 0.432. The summed E-state index contributed by atoms with van der Waals surface area (Å²) >= 11 is 0. The van der Waals surface area contributed by atoms with Gasteiger partial charge in [0.25, 0.3) is 11.7 Å². The van der Waals surface area contributed by atoms with E-state index in [9.17, 15) is 32.3 Å². The highest BCUT2D eigenvalue weighted by molar-refractivity contribution is 5.99. The smallest absolute Gasteiger partial charge is 0.451 e. The van der Waals surface area contributed by atoms with Crippen molar-refractivity contribution in [2.45, 2.75) is 25.2 Å². The van der Waals surface area contributed by atoms with Crippen molar-refractivity contribution >= 4 is 23.5 Å². The number of amides is 3. The Bertz CT molecular complexity index is 1070. The average Bonchev–Trinajstić information content (AvgIpc) is 2.84. The molecule has 0 saturated heterocycles. The van der Waals surface area contributed by atoms with Gasteiger partial charge in [-0.2, -0.15) is 13.2 Å². The van der Waals surface area contributed by atoms with E-state index in [1.165, 1.54) is 57.5 Å². The number of methoxy groups -OCH3 is 2. The number of Topliss-reactive ketones (excluding diaryl/α,β-unsaturated/α-hetero) is 1. The molecular weight excluding hydrogens is 471 g/mol. The fraction of sp³-hybridized carbons (Fsp3) is 0.304. The van der Waals surface area contributed by atoms with Crippen molar-refractivity contribution in [3.8, 4) is 11.5 Å². The fourth-order valence-corrected chi connectivity index (χ4v) is 2.84. The molecule has 1 unspecified atom stereocenters. The van der Waals surface area contributed by atoms with Crippen LogP contribution in [0.2, 0.25) is 0 Å². The molecule has 2 atom stereocenters. The Labute approximate surface area is 199 Å². The van der Waals surface area contributed by atoms with Gasteiger partial charge in [0.1, 0.15) is 23.6 Å². The van der Waals surface area contributed by atoms with Crippen LogP contribution >= 0.6 is 0 Å². The Morgan fingerprint density at radius 2 is 1.51 bits per heavy atom. The number of nitrogens with one attached hydrogen (secondary N) is 3. The van der Waals surface area contributed by atoms with Crippen LogP contribution in [0.25, 0.3) is 0 Å². The zero-order valence-corrected chi connectivity index (χ0v) is 19.1. The van der Waals surface area contributed by atoms with Crippen molar-refractivity contribution in [3.63, 3.8) is 0 Å². The molecule has 2 rings (SSSR count). The molecule has 9 nitrogen and oxygen atoms in total. The van der Waals surface area contributed by atoms with E-state index in [2.05, 4.69) is 10.6 Å². The lowest BCUT2D eigenvalue weighted by Crippen LogP contribution is -2.49. The van der Waals surface area contributed by atoms with Gasteiger partial charge in [-0.15, -0.1) is 0 Å². The van der Waals surface area contributed by atoms with Crippen LogP contribution in [0.5, 0.6) is 11.5 Å². The SMILES string of the molecule is COc1ccc(C(NC(=O)[C@H](C)NC(=O)c2cccc(OC)c2)C(=O)NCC(=O)C(F)(F)F)cc1. The average molecular weight is 495 g/mol. The molecule has 0 fully saturated rings. The lowest BCUT2D eigenvalue weighted by molar-refractivity contribution is -0.170. The van der Waals surface area contributed by atoms with Crippen molar-refractivity contribution in [1.29, 1.82) is 0 Å². The Hall–Kier alpha value is -4.09. The predicted octanol–water partition coefficient (Wildman–Crippen LogP) is 1.93. The first-order valence-electron chi connectivity index (χ1n) is 10.2. The number of halogens is 3. The highest BCUT2D eigenvalue weighted by atomic mass is 19.4. The molecule has 0 heterocycles. The minimum atomic E-state index is -5.12. The summed E-state index contributed by atoms with van der Waals surface area (Å²) in [6.07, 6.45) is -5.12. The van der Waals surface area contributed by atoms with Crippen LogP contribution < -0.4 is 25.4 Å². The second kappa shape index (κ2) is 11.9. The van der Waals surface area contributed by atoms with Crippen LogP contribution in [0.3, 0.4) is 0 Å². The molecule has 188 valence electrons. The monoisotopic (exact) mass is 495 g/mol. The topological polar surface area (TPSA) is 123 Å². The van der Waals surface area contributed by atoms with Crippen LogP contribution in [0.1, 0.15) is 28.9 Å². The zero-order chi connectivity index (χ0) is 26.2. The number of benzene rings is 2. The molecule has 3 amide bonds. The second-order valence-corrected chi connectivity index (χ2v) is 7.28. The van der Waals surface area contributed by atoms with E-state index >= 15 is 0 Å². The van der Waals surface area contributed by atoms with E-state index in [0.717, 1.165) is 0 Å². The van der Waals surface area contributed by atoms with Gasteiger partial charge in [0.2, 0.25) is 11.8 Å². The maximum atomic E-state index is 12.7. The zero-order valence-electron chi connectivity index (χ0n) is 19.1. The van der Waals surface area contributed by atoms with Gasteiger partial charge in [-0.05, 0) is 42.8 Å². The highest BCUT2D eigenvalue weighted by Crippen LogP contribution is 2.19. The summed E-state index contributed by atoms with van der Waals surface area (Å²) in [5.74, 6) is -3.71. The highest BCUT2D eigenvalue weighted by Gasteiger charge is 2.38. The van der Waals surface area contributed by atoms with Crippen molar-refractivity contribution < 1.29 is 41.8 Å². The molecule has 0 aliphatic heterocycles. The molecule has 0 bridgehead atoms. The Morgan fingerprint density at radius 1 is 0.886 bits per heavy atom. The van der Waals surface area contributed by atoms with Gasteiger partial charge in [0.05, 0.1) is 20.8 Å². The maximum absolute atomic E-state index is 12.7. The quantitative estimate of drug-likeness (QED) is 0.463. The number of carbonyl (C=O) groups is 4. The van der Waals surface area contributed by atoms with Gasteiger partial charge in [0.15, 0.2) is 0 Å². The van der Waals surface area contributed by atoms with Gasteiger partial charge in [-0.3, -0.25) is 19.2 Å². The standard InChI is InChI=1S/C23H24F3N3O6/c1-13(28-21(32)15-5-4-6-17(11-15)35-3)20(31)29-19(14-7-9-16(34-2)10-8-14)22(33)27-12-18(30)23(24,25)26/h4-11,13,19H,12H2,1-3H3,(H,27,33)(H,28,32)(H,29,31)/t13-,19?/m0/s1. The third-order valence-electron chi connectivity index (χ3n) is 4.81. The number of ether oxygens (including phenoxy) is 2. The number of carbonyl (C=O) groups excluding carboxylic acids is 4. The summed E-state index contributed by atoms with van der Waals surface area (Å²) < 4.78 is 47.6. The molecule has 2 aromatic rings. The molecule has 35 heavy (non-hydrogen) atoms. The number of hydrogen-bond acceptors (Lipinski definition) is 6. The maximum Gasteiger partial charge on any atom is 0.451 e. The van der Waals surface area contributed by atoms with Crippen molar-refractivity contribution in [3.05, 3.63) is 59.7 Å². The number of hydrogen-bond donors (Lipinski definition) is 3. The van der Waals surface area contributed by atoms with E-state index in [1.54, 1.807) is 12.1 Å². The van der Waals surface area contributed by atoms with Crippen LogP contribution in [0.15, 0.2) is 48.5 Å². The van der Waals surface area contributed by atoms with Gasteiger partial charge in [-0.25, -0.2) is 0 Å². The minimum Gasteiger partial charge on any atom is -0.497 e. The number of ketones is 1. The molecule has 0 spiro atoms. The molecular formula is C23H24F3N3O6. The van der Waals surface area contributed by atoms with Crippen molar-refractivity contribution in [1.82, 2.24) is 16.0 Å². The second-order valence-electron chi connectivity index (χ2n) is 7.28. The first kappa shape index (κ1) is 27.2. The van der Waals surface area contributed by atoms with E-state index < -0.39 is 48.3 Å². The summed E-state index contributed by atoms with van der Waals surface area (Å²) in [6, 6.07) is 9.43. The fourth-order valence-electron chi connectivity index (χ4n) is 2.84.